The maximum atomic E-state index is 12.6. The maximum Gasteiger partial charge on any atom is 0.227 e. The Bertz CT molecular complexity index is 452. The van der Waals surface area contributed by atoms with Gasteiger partial charge in [0.15, 0.2) is 0 Å². The Morgan fingerprint density at radius 2 is 2.00 bits per heavy atom. The number of hydrogen-bond donors (Lipinski definition) is 1. The van der Waals surface area contributed by atoms with Crippen molar-refractivity contribution in [3.05, 3.63) is 0 Å². The Morgan fingerprint density at radius 1 is 1.32 bits per heavy atom. The summed E-state index contributed by atoms with van der Waals surface area (Å²) >= 11 is 0. The Labute approximate surface area is 151 Å². The molecule has 2 fully saturated rings. The minimum atomic E-state index is -0.211. The molecule has 0 aromatic carbocycles. The van der Waals surface area contributed by atoms with Crippen molar-refractivity contribution in [2.45, 2.75) is 32.7 Å². The minimum Gasteiger partial charge on any atom is -0.379 e. The summed E-state index contributed by atoms with van der Waals surface area (Å²) in [6.07, 6.45) is 1.13. The highest BCUT2D eigenvalue weighted by atomic mass is 16.5. The molecule has 2 heterocycles. The van der Waals surface area contributed by atoms with Gasteiger partial charge in [-0.25, -0.2) is 0 Å². The van der Waals surface area contributed by atoms with Gasteiger partial charge < -0.3 is 20.3 Å². The van der Waals surface area contributed by atoms with E-state index in [1.165, 1.54) is 0 Å². The molecule has 144 valence electrons. The van der Waals surface area contributed by atoms with E-state index < -0.39 is 0 Å². The molecule has 2 aliphatic rings. The molecular formula is C18H34N4O3. The van der Waals surface area contributed by atoms with Crippen molar-refractivity contribution in [3.8, 4) is 0 Å². The van der Waals surface area contributed by atoms with Crippen LogP contribution in [0.15, 0.2) is 0 Å². The Hall–Kier alpha value is -1.18. The summed E-state index contributed by atoms with van der Waals surface area (Å²) in [6.45, 7) is 10.3. The number of likely N-dealkylation sites (tertiary alicyclic amines) is 1. The fourth-order valence-corrected chi connectivity index (χ4v) is 3.34. The second-order valence-corrected chi connectivity index (χ2v) is 7.65. The van der Waals surface area contributed by atoms with Gasteiger partial charge in [-0.1, -0.05) is 13.8 Å². The van der Waals surface area contributed by atoms with Gasteiger partial charge >= 0.3 is 0 Å². The predicted octanol–water partition coefficient (Wildman–Crippen LogP) is -0.00110. The lowest BCUT2D eigenvalue weighted by atomic mass is 10.0. The van der Waals surface area contributed by atoms with Crippen LogP contribution >= 0.6 is 0 Å². The van der Waals surface area contributed by atoms with Crippen LogP contribution in [0.25, 0.3) is 0 Å². The molecule has 0 aromatic rings. The van der Waals surface area contributed by atoms with E-state index in [9.17, 15) is 9.59 Å². The van der Waals surface area contributed by atoms with Gasteiger partial charge in [0.25, 0.3) is 0 Å². The Kier molecular flexibility index (Phi) is 7.65. The minimum absolute atomic E-state index is 0.0678. The molecule has 2 N–H and O–H groups in total. The van der Waals surface area contributed by atoms with E-state index in [1.54, 1.807) is 4.90 Å². The summed E-state index contributed by atoms with van der Waals surface area (Å²) in [5, 5.41) is 0. The third-order valence-electron chi connectivity index (χ3n) is 5.38. The summed E-state index contributed by atoms with van der Waals surface area (Å²) < 4.78 is 5.34. The first kappa shape index (κ1) is 20.1. The lowest BCUT2D eigenvalue weighted by molar-refractivity contribution is -0.134. The number of carbonyl (C=O) groups excluding carboxylic acids is 2. The summed E-state index contributed by atoms with van der Waals surface area (Å²) in [7, 11) is 1.82. The monoisotopic (exact) mass is 354 g/mol. The molecule has 0 aromatic heterocycles. The molecule has 0 radical (unpaired) electrons. The summed E-state index contributed by atoms with van der Waals surface area (Å²) in [6, 6.07) is 0.102. The highest BCUT2D eigenvalue weighted by Gasteiger charge is 2.35. The van der Waals surface area contributed by atoms with E-state index >= 15 is 0 Å². The molecule has 2 saturated heterocycles. The summed E-state index contributed by atoms with van der Waals surface area (Å²) in [5.41, 5.74) is 6.06. The van der Waals surface area contributed by atoms with Gasteiger partial charge in [0.1, 0.15) is 0 Å². The van der Waals surface area contributed by atoms with Crippen LogP contribution in [0.5, 0.6) is 0 Å². The third kappa shape index (κ3) is 5.94. The van der Waals surface area contributed by atoms with Crippen molar-refractivity contribution in [1.29, 1.82) is 0 Å². The first-order valence-corrected chi connectivity index (χ1v) is 9.47. The molecule has 0 aliphatic carbocycles. The smallest absolute Gasteiger partial charge is 0.227 e. The highest BCUT2D eigenvalue weighted by molar-refractivity contribution is 5.89. The number of rotatable bonds is 8. The van der Waals surface area contributed by atoms with E-state index in [-0.39, 0.29) is 23.8 Å². The van der Waals surface area contributed by atoms with E-state index in [0.29, 0.717) is 32.0 Å². The van der Waals surface area contributed by atoms with Crippen LogP contribution in [0.3, 0.4) is 0 Å². The average molecular weight is 354 g/mol. The van der Waals surface area contributed by atoms with Gasteiger partial charge in [0.05, 0.1) is 19.1 Å². The van der Waals surface area contributed by atoms with Crippen molar-refractivity contribution in [3.63, 3.8) is 0 Å². The third-order valence-corrected chi connectivity index (χ3v) is 5.38. The van der Waals surface area contributed by atoms with Gasteiger partial charge in [0, 0.05) is 58.8 Å². The molecule has 0 bridgehead atoms. The highest BCUT2D eigenvalue weighted by Crippen LogP contribution is 2.20. The summed E-state index contributed by atoms with van der Waals surface area (Å²) in [4.78, 5) is 30.7. The molecule has 7 heteroatoms. The van der Waals surface area contributed by atoms with Crippen LogP contribution in [0, 0.1) is 11.8 Å². The number of morpholine rings is 1. The molecule has 25 heavy (non-hydrogen) atoms. The first-order chi connectivity index (χ1) is 11.9. The van der Waals surface area contributed by atoms with Crippen molar-refractivity contribution in [2.75, 3.05) is 59.5 Å². The molecule has 2 aliphatic heterocycles. The molecule has 2 atom stereocenters. The van der Waals surface area contributed by atoms with Crippen LogP contribution in [0.4, 0.5) is 0 Å². The molecule has 0 spiro atoms. The van der Waals surface area contributed by atoms with Crippen molar-refractivity contribution in [2.24, 2.45) is 17.6 Å². The maximum absolute atomic E-state index is 12.6. The topological polar surface area (TPSA) is 79.1 Å². The number of ether oxygens (including phenoxy) is 1. The number of amides is 2. The van der Waals surface area contributed by atoms with Crippen LogP contribution in [0.2, 0.25) is 0 Å². The molecule has 2 rings (SSSR count). The second kappa shape index (κ2) is 9.50. The van der Waals surface area contributed by atoms with Crippen LogP contribution in [-0.2, 0) is 14.3 Å². The second-order valence-electron chi connectivity index (χ2n) is 7.65. The lowest BCUT2D eigenvalue weighted by Crippen LogP contribution is -2.42. The van der Waals surface area contributed by atoms with Crippen LogP contribution in [-0.4, -0.2) is 92.1 Å². The van der Waals surface area contributed by atoms with Crippen LogP contribution in [0.1, 0.15) is 26.7 Å². The average Bonchev–Trinajstić information content (AvgIpc) is 2.98. The zero-order chi connectivity index (χ0) is 18.4. The largest absolute Gasteiger partial charge is 0.379 e. The van der Waals surface area contributed by atoms with Crippen LogP contribution < -0.4 is 5.73 Å². The standard InChI is InChI=1S/C18H34N4O3/c1-14(2)16(19)4-5-20(3)18(24)15-12-17(23)22(13-15)7-6-21-8-10-25-11-9-21/h14-16H,4-13,19H2,1-3H3. The van der Waals surface area contributed by atoms with Gasteiger partial charge in [-0.3, -0.25) is 14.5 Å². The van der Waals surface area contributed by atoms with Crippen molar-refractivity contribution in [1.82, 2.24) is 14.7 Å². The van der Waals surface area contributed by atoms with Gasteiger partial charge in [-0.15, -0.1) is 0 Å². The molecule has 7 nitrogen and oxygen atoms in total. The van der Waals surface area contributed by atoms with Gasteiger partial charge in [0.2, 0.25) is 11.8 Å². The quantitative estimate of drug-likeness (QED) is 0.664. The first-order valence-electron chi connectivity index (χ1n) is 9.47. The molecule has 2 unspecified atom stereocenters. The van der Waals surface area contributed by atoms with Gasteiger partial charge in [-0.05, 0) is 12.3 Å². The normalized spacial score (nSPS) is 23.3. The molecule has 2 amide bonds. The zero-order valence-electron chi connectivity index (χ0n) is 15.9. The molecular weight excluding hydrogens is 320 g/mol. The predicted molar refractivity (Wildman–Crippen MR) is 97.0 cm³/mol. The summed E-state index contributed by atoms with van der Waals surface area (Å²) in [5.74, 6) is 0.363. The zero-order valence-corrected chi connectivity index (χ0v) is 15.9. The number of hydrogen-bond acceptors (Lipinski definition) is 5. The number of nitrogens with zero attached hydrogens (tertiary/aromatic N) is 3. The number of carbonyl (C=O) groups is 2. The van der Waals surface area contributed by atoms with E-state index in [0.717, 1.165) is 39.3 Å². The van der Waals surface area contributed by atoms with E-state index in [1.807, 2.05) is 11.9 Å². The fourth-order valence-electron chi connectivity index (χ4n) is 3.34. The van der Waals surface area contributed by atoms with Crippen molar-refractivity contribution >= 4 is 11.8 Å². The van der Waals surface area contributed by atoms with E-state index in [4.69, 9.17) is 10.5 Å². The van der Waals surface area contributed by atoms with Gasteiger partial charge in [-0.2, -0.15) is 0 Å². The van der Waals surface area contributed by atoms with E-state index in [2.05, 4.69) is 18.7 Å². The fraction of sp³-hybridized carbons (Fsp3) is 0.889. The molecule has 0 saturated carbocycles. The lowest BCUT2D eigenvalue weighted by Gasteiger charge is -2.28. The van der Waals surface area contributed by atoms with Crippen molar-refractivity contribution < 1.29 is 14.3 Å². The Morgan fingerprint density at radius 3 is 2.64 bits per heavy atom. The number of nitrogens with two attached hydrogens (primary N) is 1. The SMILES string of the molecule is CC(C)C(N)CCN(C)C(=O)C1CC(=O)N(CCN2CCOCC2)C1. The Balaban J connectivity index is 1.74.